The molecule has 4 nitrogen and oxygen atoms in total. The molecule has 2 bridgehead atoms. The van der Waals surface area contributed by atoms with Gasteiger partial charge >= 0.3 is 0 Å². The first kappa shape index (κ1) is 19.8. The van der Waals surface area contributed by atoms with E-state index >= 15 is 0 Å². The molecule has 2 saturated heterocycles. The number of fused-ring (bicyclic) bond motifs is 2. The first-order valence-corrected chi connectivity index (χ1v) is 11.7. The van der Waals surface area contributed by atoms with E-state index in [1.54, 1.807) is 16.4 Å². The van der Waals surface area contributed by atoms with Crippen molar-refractivity contribution in [2.75, 3.05) is 6.54 Å². The maximum absolute atomic E-state index is 13.1. The normalized spacial score (nSPS) is 26.3. The van der Waals surface area contributed by atoms with Crippen molar-refractivity contribution in [3.63, 3.8) is 0 Å². The highest BCUT2D eigenvalue weighted by atomic mass is 32.2. The van der Waals surface area contributed by atoms with E-state index in [-0.39, 0.29) is 11.8 Å². The third kappa shape index (κ3) is 4.32. The summed E-state index contributed by atoms with van der Waals surface area (Å²) in [5, 5.41) is 0. The first-order chi connectivity index (χ1) is 12.5. The van der Waals surface area contributed by atoms with Gasteiger partial charge in [0.1, 0.15) is 6.23 Å². The Morgan fingerprint density at radius 3 is 2.54 bits per heavy atom. The topological polar surface area (TPSA) is 46.6 Å². The van der Waals surface area contributed by atoms with Gasteiger partial charge in [-0.3, -0.25) is 0 Å². The van der Waals surface area contributed by atoms with Crippen LogP contribution in [0.4, 0.5) is 0 Å². The third-order valence-electron chi connectivity index (χ3n) is 5.85. The van der Waals surface area contributed by atoms with Crippen LogP contribution in [0.25, 0.3) is 0 Å². The number of aryl methyl sites for hydroxylation is 1. The molecule has 0 amide bonds. The van der Waals surface area contributed by atoms with Gasteiger partial charge in [0.25, 0.3) is 0 Å². The van der Waals surface area contributed by atoms with Gasteiger partial charge < -0.3 is 4.74 Å². The van der Waals surface area contributed by atoms with E-state index in [0.717, 1.165) is 37.7 Å². The summed E-state index contributed by atoms with van der Waals surface area (Å²) < 4.78 is 34.2. The van der Waals surface area contributed by atoms with Crippen molar-refractivity contribution in [1.82, 2.24) is 4.31 Å². The predicted octanol–water partition coefficient (Wildman–Crippen LogP) is 5.02. The lowest BCUT2D eigenvalue weighted by Gasteiger charge is -2.32. The van der Waals surface area contributed by atoms with Crippen LogP contribution in [-0.4, -0.2) is 31.1 Å². The van der Waals surface area contributed by atoms with Gasteiger partial charge in [0, 0.05) is 6.54 Å². The Balaban J connectivity index is 1.64. The van der Waals surface area contributed by atoms with Crippen LogP contribution in [0.5, 0.6) is 0 Å². The van der Waals surface area contributed by atoms with E-state index in [1.807, 2.05) is 19.1 Å². The molecule has 0 radical (unpaired) electrons. The van der Waals surface area contributed by atoms with Crippen LogP contribution in [0.15, 0.2) is 29.2 Å². The van der Waals surface area contributed by atoms with Crippen LogP contribution < -0.4 is 0 Å². The highest BCUT2D eigenvalue weighted by Crippen LogP contribution is 2.43. The molecule has 2 aliphatic heterocycles. The van der Waals surface area contributed by atoms with Crippen LogP contribution >= 0.6 is 0 Å². The Bertz CT molecular complexity index is 686. The largest absolute Gasteiger partial charge is 0.354 e. The Kier molecular flexibility index (Phi) is 6.41. The average Bonchev–Trinajstić information content (AvgIpc) is 2.89. The van der Waals surface area contributed by atoms with Crippen molar-refractivity contribution in [3.8, 4) is 0 Å². The second-order valence-electron chi connectivity index (χ2n) is 8.03. The molecule has 2 unspecified atom stereocenters. The molecule has 2 fully saturated rings. The van der Waals surface area contributed by atoms with Crippen molar-refractivity contribution in [1.29, 1.82) is 0 Å². The van der Waals surface area contributed by atoms with Crippen molar-refractivity contribution >= 4 is 10.0 Å². The summed E-state index contributed by atoms with van der Waals surface area (Å²) in [6, 6.07) is 7.16. The average molecular weight is 380 g/mol. The molecule has 0 saturated carbocycles. The zero-order valence-electron chi connectivity index (χ0n) is 16.2. The van der Waals surface area contributed by atoms with Crippen molar-refractivity contribution in [2.24, 2.45) is 0 Å². The second-order valence-corrected chi connectivity index (χ2v) is 9.92. The van der Waals surface area contributed by atoms with Gasteiger partial charge in [0.2, 0.25) is 10.0 Å². The first-order valence-electron chi connectivity index (χ1n) is 10.2. The SMILES string of the molecule is CCCCCCCCC12CCCC(O1)N(S(=O)(=O)c1ccc(C)cc1)C2. The minimum atomic E-state index is -3.48. The van der Waals surface area contributed by atoms with Crippen LogP contribution in [0.2, 0.25) is 0 Å². The zero-order valence-corrected chi connectivity index (χ0v) is 17.1. The Hall–Kier alpha value is -0.910. The fourth-order valence-corrected chi connectivity index (χ4v) is 5.90. The van der Waals surface area contributed by atoms with Crippen LogP contribution in [0.3, 0.4) is 0 Å². The smallest absolute Gasteiger partial charge is 0.245 e. The number of unbranched alkanes of at least 4 members (excludes halogenated alkanes) is 5. The molecule has 2 atom stereocenters. The van der Waals surface area contributed by atoms with E-state index in [1.165, 1.54) is 32.1 Å². The Morgan fingerprint density at radius 1 is 1.12 bits per heavy atom. The minimum absolute atomic E-state index is 0.258. The highest BCUT2D eigenvalue weighted by molar-refractivity contribution is 7.89. The van der Waals surface area contributed by atoms with Crippen molar-refractivity contribution in [2.45, 2.75) is 94.8 Å². The molecule has 2 heterocycles. The molecule has 2 aliphatic rings. The monoisotopic (exact) mass is 379 g/mol. The molecule has 26 heavy (non-hydrogen) atoms. The summed E-state index contributed by atoms with van der Waals surface area (Å²) in [4.78, 5) is 0.383. The standard InChI is InChI=1S/C21H33NO3S/c1-3-4-5-6-7-8-15-21-16-9-10-20(25-21)22(17-21)26(23,24)19-13-11-18(2)12-14-19/h11-14,20H,3-10,15-17H2,1-2H3. The van der Waals surface area contributed by atoms with Gasteiger partial charge in [-0.2, -0.15) is 4.31 Å². The maximum Gasteiger partial charge on any atom is 0.245 e. The second kappa shape index (κ2) is 8.41. The summed E-state index contributed by atoms with van der Waals surface area (Å²) >= 11 is 0. The molecular formula is C21H33NO3S. The summed E-state index contributed by atoms with van der Waals surface area (Å²) in [6.45, 7) is 4.72. The van der Waals surface area contributed by atoms with Gasteiger partial charge in [-0.25, -0.2) is 8.42 Å². The molecular weight excluding hydrogens is 346 g/mol. The molecule has 0 N–H and O–H groups in total. The molecule has 1 aromatic rings. The van der Waals surface area contributed by atoms with E-state index in [0.29, 0.717) is 11.4 Å². The molecule has 1 aromatic carbocycles. The van der Waals surface area contributed by atoms with Gasteiger partial charge in [0.05, 0.1) is 10.5 Å². The van der Waals surface area contributed by atoms with Crippen LogP contribution in [0, 0.1) is 6.92 Å². The summed E-state index contributed by atoms with van der Waals surface area (Å²) in [6.07, 6.45) is 11.1. The lowest BCUT2D eigenvalue weighted by molar-refractivity contribution is -0.0881. The van der Waals surface area contributed by atoms with E-state index < -0.39 is 10.0 Å². The lowest BCUT2D eigenvalue weighted by atomic mass is 9.89. The van der Waals surface area contributed by atoms with Gasteiger partial charge in [0.15, 0.2) is 0 Å². The highest BCUT2D eigenvalue weighted by Gasteiger charge is 2.51. The minimum Gasteiger partial charge on any atom is -0.354 e. The summed E-state index contributed by atoms with van der Waals surface area (Å²) in [5.74, 6) is 0. The number of rotatable bonds is 9. The summed E-state index contributed by atoms with van der Waals surface area (Å²) in [7, 11) is -3.48. The number of benzene rings is 1. The number of hydrogen-bond acceptors (Lipinski definition) is 3. The van der Waals surface area contributed by atoms with E-state index in [2.05, 4.69) is 6.92 Å². The number of sulfonamides is 1. The molecule has 0 aliphatic carbocycles. The van der Waals surface area contributed by atoms with Crippen LogP contribution in [0.1, 0.15) is 76.7 Å². The quantitative estimate of drug-likeness (QED) is 0.566. The van der Waals surface area contributed by atoms with Crippen molar-refractivity contribution in [3.05, 3.63) is 29.8 Å². The van der Waals surface area contributed by atoms with Crippen molar-refractivity contribution < 1.29 is 13.2 Å². The lowest BCUT2D eigenvalue weighted by Crippen LogP contribution is -2.36. The third-order valence-corrected chi connectivity index (χ3v) is 7.70. The molecule has 0 aromatic heterocycles. The maximum atomic E-state index is 13.1. The number of nitrogens with zero attached hydrogens (tertiary/aromatic N) is 1. The predicted molar refractivity (Wildman–Crippen MR) is 105 cm³/mol. The van der Waals surface area contributed by atoms with E-state index in [9.17, 15) is 8.42 Å². The Labute approximate surface area is 159 Å². The fourth-order valence-electron chi connectivity index (χ4n) is 4.29. The number of hydrogen-bond donors (Lipinski definition) is 0. The molecule has 3 rings (SSSR count). The van der Waals surface area contributed by atoms with Crippen LogP contribution in [-0.2, 0) is 14.8 Å². The molecule has 0 spiro atoms. The van der Waals surface area contributed by atoms with Gasteiger partial charge in [-0.05, 0) is 44.7 Å². The zero-order chi connectivity index (χ0) is 18.6. The molecule has 146 valence electrons. The summed E-state index contributed by atoms with van der Waals surface area (Å²) in [5.41, 5.74) is 0.811. The van der Waals surface area contributed by atoms with Gasteiger partial charge in [-0.1, -0.05) is 63.1 Å². The Morgan fingerprint density at radius 2 is 1.81 bits per heavy atom. The fraction of sp³-hybridized carbons (Fsp3) is 0.714. The van der Waals surface area contributed by atoms with E-state index in [4.69, 9.17) is 4.74 Å². The van der Waals surface area contributed by atoms with Gasteiger partial charge in [-0.15, -0.1) is 0 Å². The molecule has 5 heteroatoms. The number of ether oxygens (including phenoxy) is 1.